The van der Waals surface area contributed by atoms with Crippen molar-refractivity contribution in [1.29, 1.82) is 0 Å². The predicted octanol–water partition coefficient (Wildman–Crippen LogP) is 2.40. The minimum absolute atomic E-state index is 0.0428. The fourth-order valence-electron chi connectivity index (χ4n) is 3.31. The lowest BCUT2D eigenvalue weighted by Gasteiger charge is -2.17. The van der Waals surface area contributed by atoms with E-state index in [-0.39, 0.29) is 11.8 Å². The van der Waals surface area contributed by atoms with Gasteiger partial charge in [-0.1, -0.05) is 48.0 Å². The Balaban J connectivity index is 1.43. The highest BCUT2D eigenvalue weighted by Crippen LogP contribution is 2.18. The van der Waals surface area contributed by atoms with Gasteiger partial charge in [0.1, 0.15) is 6.04 Å². The molecule has 4 rings (SSSR count). The van der Waals surface area contributed by atoms with Crippen molar-refractivity contribution in [2.45, 2.75) is 25.9 Å². The van der Waals surface area contributed by atoms with Gasteiger partial charge in [0.25, 0.3) is 5.91 Å². The molecular weight excluding hydrogens is 328 g/mol. The summed E-state index contributed by atoms with van der Waals surface area (Å²) >= 11 is 0. The molecule has 0 saturated carbocycles. The number of likely N-dealkylation sites (tertiary alicyclic amines) is 1. The zero-order valence-electron chi connectivity index (χ0n) is 14.5. The van der Waals surface area contributed by atoms with Crippen molar-refractivity contribution in [2.24, 2.45) is 0 Å². The first-order valence-corrected chi connectivity index (χ1v) is 8.70. The zero-order valence-corrected chi connectivity index (χ0v) is 14.5. The molecule has 1 aliphatic rings. The number of fused-ring (bicyclic) bond motifs is 1. The van der Waals surface area contributed by atoms with Crippen LogP contribution in [0.4, 0.5) is 0 Å². The third-order valence-corrected chi connectivity index (χ3v) is 4.78. The van der Waals surface area contributed by atoms with Crippen molar-refractivity contribution in [1.82, 2.24) is 20.4 Å². The molecule has 2 aromatic carbocycles. The summed E-state index contributed by atoms with van der Waals surface area (Å²) in [5, 5.41) is 10.5. The van der Waals surface area contributed by atoms with Gasteiger partial charge in [0.05, 0.1) is 5.52 Å². The van der Waals surface area contributed by atoms with Crippen LogP contribution in [0, 0.1) is 6.92 Å². The average Bonchev–Trinajstić information content (AvgIpc) is 3.22. The SMILES string of the molecule is Cc1ccc(CN2CCC(NC(=O)c3n[nH]c4ccccc34)C2=O)cc1. The topological polar surface area (TPSA) is 78.1 Å². The van der Waals surface area contributed by atoms with E-state index < -0.39 is 6.04 Å². The molecule has 1 fully saturated rings. The molecule has 1 atom stereocenters. The van der Waals surface area contributed by atoms with E-state index in [0.717, 1.165) is 16.5 Å². The Labute approximate surface area is 151 Å². The number of rotatable bonds is 4. The lowest BCUT2D eigenvalue weighted by Crippen LogP contribution is -2.41. The van der Waals surface area contributed by atoms with Crippen LogP contribution in [-0.2, 0) is 11.3 Å². The van der Waals surface area contributed by atoms with E-state index in [4.69, 9.17) is 0 Å². The van der Waals surface area contributed by atoms with Gasteiger partial charge < -0.3 is 10.2 Å². The van der Waals surface area contributed by atoms with Crippen LogP contribution in [0.5, 0.6) is 0 Å². The first kappa shape index (κ1) is 16.3. The summed E-state index contributed by atoms with van der Waals surface area (Å²) in [6, 6.07) is 15.1. The summed E-state index contributed by atoms with van der Waals surface area (Å²) in [6.07, 6.45) is 0.610. The summed E-state index contributed by atoms with van der Waals surface area (Å²) < 4.78 is 0. The smallest absolute Gasteiger partial charge is 0.273 e. The van der Waals surface area contributed by atoms with Gasteiger partial charge in [0, 0.05) is 18.5 Å². The molecule has 3 aromatic rings. The Hall–Kier alpha value is -3.15. The molecule has 2 N–H and O–H groups in total. The van der Waals surface area contributed by atoms with Crippen LogP contribution in [0.2, 0.25) is 0 Å². The molecule has 1 aromatic heterocycles. The second-order valence-corrected chi connectivity index (χ2v) is 6.68. The Morgan fingerprint density at radius 2 is 2.00 bits per heavy atom. The van der Waals surface area contributed by atoms with E-state index in [1.807, 2.05) is 55.5 Å². The van der Waals surface area contributed by atoms with Gasteiger partial charge >= 0.3 is 0 Å². The maximum atomic E-state index is 12.6. The molecule has 6 nitrogen and oxygen atoms in total. The normalized spacial score (nSPS) is 17.0. The van der Waals surface area contributed by atoms with Crippen molar-refractivity contribution in [3.8, 4) is 0 Å². The Morgan fingerprint density at radius 1 is 1.23 bits per heavy atom. The molecule has 1 unspecified atom stereocenters. The van der Waals surface area contributed by atoms with Crippen molar-refractivity contribution < 1.29 is 9.59 Å². The van der Waals surface area contributed by atoms with Crippen LogP contribution in [-0.4, -0.2) is 39.5 Å². The molecule has 132 valence electrons. The first-order chi connectivity index (χ1) is 12.6. The molecule has 0 spiro atoms. The Kier molecular flexibility index (Phi) is 4.16. The third kappa shape index (κ3) is 3.06. The largest absolute Gasteiger partial charge is 0.339 e. The van der Waals surface area contributed by atoms with Crippen molar-refractivity contribution in [3.63, 3.8) is 0 Å². The maximum absolute atomic E-state index is 12.6. The van der Waals surface area contributed by atoms with Gasteiger partial charge in [-0.2, -0.15) is 5.10 Å². The van der Waals surface area contributed by atoms with Crippen LogP contribution in [0.15, 0.2) is 48.5 Å². The summed E-state index contributed by atoms with van der Waals surface area (Å²) in [5.41, 5.74) is 3.41. The molecule has 2 heterocycles. The fourth-order valence-corrected chi connectivity index (χ4v) is 3.31. The number of benzene rings is 2. The monoisotopic (exact) mass is 348 g/mol. The van der Waals surface area contributed by atoms with Crippen LogP contribution < -0.4 is 5.32 Å². The molecule has 0 bridgehead atoms. The van der Waals surface area contributed by atoms with Crippen molar-refractivity contribution in [3.05, 3.63) is 65.4 Å². The standard InChI is InChI=1S/C20H20N4O2/c1-13-6-8-14(9-7-13)12-24-11-10-17(20(24)26)21-19(25)18-15-4-2-3-5-16(15)22-23-18/h2-9,17H,10-12H2,1H3,(H,21,25)(H,22,23). The minimum atomic E-state index is -0.497. The Bertz CT molecular complexity index is 961. The molecule has 1 aliphatic heterocycles. The van der Waals surface area contributed by atoms with E-state index in [1.54, 1.807) is 4.90 Å². The number of carbonyl (C=O) groups is 2. The number of amides is 2. The van der Waals surface area contributed by atoms with E-state index in [0.29, 0.717) is 25.2 Å². The van der Waals surface area contributed by atoms with Crippen molar-refractivity contribution in [2.75, 3.05) is 6.54 Å². The molecule has 0 radical (unpaired) electrons. The average molecular weight is 348 g/mol. The predicted molar refractivity (Wildman–Crippen MR) is 98.6 cm³/mol. The summed E-state index contributed by atoms with van der Waals surface area (Å²) in [4.78, 5) is 27.0. The van der Waals surface area contributed by atoms with Gasteiger partial charge in [-0.15, -0.1) is 0 Å². The molecule has 1 saturated heterocycles. The summed E-state index contributed by atoms with van der Waals surface area (Å²) in [5.74, 6) is -0.364. The van der Waals surface area contributed by atoms with Crippen LogP contribution in [0.25, 0.3) is 10.9 Å². The number of aryl methyl sites for hydroxylation is 1. The van der Waals surface area contributed by atoms with Gasteiger partial charge in [-0.05, 0) is 25.0 Å². The molecule has 26 heavy (non-hydrogen) atoms. The number of aromatic amines is 1. The lowest BCUT2D eigenvalue weighted by molar-refractivity contribution is -0.129. The zero-order chi connectivity index (χ0) is 18.1. The number of hydrogen-bond donors (Lipinski definition) is 2. The van der Waals surface area contributed by atoms with E-state index in [2.05, 4.69) is 15.5 Å². The van der Waals surface area contributed by atoms with Gasteiger partial charge in [0.2, 0.25) is 5.91 Å². The number of H-pyrrole nitrogens is 1. The molecule has 2 amide bonds. The van der Waals surface area contributed by atoms with Gasteiger partial charge in [-0.25, -0.2) is 0 Å². The highest BCUT2D eigenvalue weighted by Gasteiger charge is 2.33. The number of nitrogens with zero attached hydrogens (tertiary/aromatic N) is 2. The maximum Gasteiger partial charge on any atom is 0.273 e. The second kappa shape index (κ2) is 6.63. The van der Waals surface area contributed by atoms with E-state index in [1.165, 1.54) is 5.56 Å². The Morgan fingerprint density at radius 3 is 2.81 bits per heavy atom. The number of carbonyl (C=O) groups excluding carboxylic acids is 2. The number of hydrogen-bond acceptors (Lipinski definition) is 3. The third-order valence-electron chi connectivity index (χ3n) is 4.78. The van der Waals surface area contributed by atoms with Gasteiger partial charge in [0.15, 0.2) is 5.69 Å². The number of nitrogens with one attached hydrogen (secondary N) is 2. The highest BCUT2D eigenvalue weighted by atomic mass is 16.2. The lowest BCUT2D eigenvalue weighted by atomic mass is 10.1. The van der Waals surface area contributed by atoms with E-state index in [9.17, 15) is 9.59 Å². The van der Waals surface area contributed by atoms with Crippen molar-refractivity contribution >= 4 is 22.7 Å². The quantitative estimate of drug-likeness (QED) is 0.760. The second-order valence-electron chi connectivity index (χ2n) is 6.68. The van der Waals surface area contributed by atoms with Crippen LogP contribution in [0.3, 0.4) is 0 Å². The highest BCUT2D eigenvalue weighted by molar-refractivity contribution is 6.06. The van der Waals surface area contributed by atoms with Gasteiger partial charge in [-0.3, -0.25) is 14.7 Å². The van der Waals surface area contributed by atoms with Crippen LogP contribution in [0.1, 0.15) is 28.0 Å². The number of para-hydroxylation sites is 1. The van der Waals surface area contributed by atoms with E-state index >= 15 is 0 Å². The summed E-state index contributed by atoms with van der Waals surface area (Å²) in [7, 11) is 0. The molecule has 0 aliphatic carbocycles. The van der Waals surface area contributed by atoms with Crippen LogP contribution >= 0.6 is 0 Å². The fraction of sp³-hybridized carbons (Fsp3) is 0.250. The molecular formula is C20H20N4O2. The summed E-state index contributed by atoms with van der Waals surface area (Å²) in [6.45, 7) is 3.24. The molecule has 6 heteroatoms. The number of aromatic nitrogens is 2. The first-order valence-electron chi connectivity index (χ1n) is 8.70. The minimum Gasteiger partial charge on any atom is -0.339 e.